The van der Waals surface area contributed by atoms with E-state index in [0.29, 0.717) is 16.9 Å². The van der Waals surface area contributed by atoms with Crippen LogP contribution in [0.2, 0.25) is 0 Å². The molecule has 5 heteroatoms. The Morgan fingerprint density at radius 3 is 2.65 bits per heavy atom. The van der Waals surface area contributed by atoms with Crippen LogP contribution in [-0.4, -0.2) is 16.5 Å². The molecule has 126 valence electrons. The van der Waals surface area contributed by atoms with E-state index in [-0.39, 0.29) is 11.5 Å². The third kappa shape index (κ3) is 4.47. The van der Waals surface area contributed by atoms with Gasteiger partial charge in [0.15, 0.2) is 0 Å². The van der Waals surface area contributed by atoms with Gasteiger partial charge in [-0.25, -0.2) is 4.98 Å². The van der Waals surface area contributed by atoms with Crippen molar-refractivity contribution in [2.45, 2.75) is 58.8 Å². The number of fused-ring (bicyclic) bond motifs is 1. The summed E-state index contributed by atoms with van der Waals surface area (Å²) in [5, 5.41) is 3.39. The van der Waals surface area contributed by atoms with E-state index in [1.807, 2.05) is 19.9 Å². The molecule has 0 radical (unpaired) electrons. The zero-order chi connectivity index (χ0) is 16.8. The van der Waals surface area contributed by atoms with Gasteiger partial charge in [0.25, 0.3) is 5.56 Å². The fourth-order valence-corrected chi connectivity index (χ4v) is 2.66. The molecular weight excluding hydrogens is 288 g/mol. The molecular formula is C18H28N4O. The number of unbranched alkanes of at least 4 members (excludes halogenated alkanes) is 4. The summed E-state index contributed by atoms with van der Waals surface area (Å²) in [6.45, 7) is 7.06. The second-order valence-electron chi connectivity index (χ2n) is 6.40. The molecule has 0 saturated carbocycles. The number of benzene rings is 1. The van der Waals surface area contributed by atoms with Crippen molar-refractivity contribution < 1.29 is 0 Å². The van der Waals surface area contributed by atoms with E-state index in [4.69, 9.17) is 5.73 Å². The van der Waals surface area contributed by atoms with E-state index in [1.54, 1.807) is 6.07 Å². The summed E-state index contributed by atoms with van der Waals surface area (Å²) in [5.41, 5.74) is 9.50. The van der Waals surface area contributed by atoms with Crippen LogP contribution in [0.5, 0.6) is 0 Å². The van der Waals surface area contributed by atoms with Crippen molar-refractivity contribution in [3.05, 3.63) is 28.2 Å². The van der Waals surface area contributed by atoms with Crippen LogP contribution in [0.4, 0.5) is 11.4 Å². The number of nitrogen functional groups attached to an aromatic ring is 1. The molecule has 2 aromatic rings. The van der Waals surface area contributed by atoms with Crippen LogP contribution in [0.15, 0.2) is 16.9 Å². The summed E-state index contributed by atoms with van der Waals surface area (Å²) in [6.07, 6.45) is 6.21. The lowest BCUT2D eigenvalue weighted by molar-refractivity contribution is 0.645. The molecule has 1 aromatic heterocycles. The molecule has 1 heterocycles. The Morgan fingerprint density at radius 1 is 1.22 bits per heavy atom. The quantitative estimate of drug-likeness (QED) is 0.507. The Labute approximate surface area is 137 Å². The van der Waals surface area contributed by atoms with Crippen molar-refractivity contribution in [3.63, 3.8) is 0 Å². The number of hydrogen-bond donors (Lipinski definition) is 3. The molecule has 0 bridgehead atoms. The van der Waals surface area contributed by atoms with E-state index >= 15 is 0 Å². The maximum Gasteiger partial charge on any atom is 0.270 e. The molecule has 0 unspecified atom stereocenters. The van der Waals surface area contributed by atoms with Crippen molar-refractivity contribution in [1.82, 2.24) is 9.97 Å². The molecule has 0 atom stereocenters. The summed E-state index contributed by atoms with van der Waals surface area (Å²) >= 11 is 0. The Balaban J connectivity index is 2.13. The monoisotopic (exact) mass is 316 g/mol. The fraction of sp³-hybridized carbons (Fsp3) is 0.556. The van der Waals surface area contributed by atoms with E-state index < -0.39 is 0 Å². The first-order valence-electron chi connectivity index (χ1n) is 8.60. The summed E-state index contributed by atoms with van der Waals surface area (Å²) in [7, 11) is 0. The predicted octanol–water partition coefficient (Wildman–Crippen LogP) is 4.01. The number of hydrogen-bond acceptors (Lipinski definition) is 4. The highest BCUT2D eigenvalue weighted by Crippen LogP contribution is 2.24. The first kappa shape index (κ1) is 17.3. The highest BCUT2D eigenvalue weighted by Gasteiger charge is 2.10. The van der Waals surface area contributed by atoms with Gasteiger partial charge < -0.3 is 16.0 Å². The lowest BCUT2D eigenvalue weighted by Crippen LogP contribution is -2.16. The van der Waals surface area contributed by atoms with Crippen molar-refractivity contribution >= 4 is 22.4 Å². The SMILES string of the molecule is CCCCCCCNc1cc2nc(C(C)C)c(=O)[nH]c2cc1N. The third-order valence-corrected chi connectivity index (χ3v) is 4.03. The Bertz CT molecular complexity index is 706. The number of nitrogens with one attached hydrogen (secondary N) is 2. The Morgan fingerprint density at radius 2 is 1.96 bits per heavy atom. The average Bonchev–Trinajstić information content (AvgIpc) is 2.50. The lowest BCUT2D eigenvalue weighted by Gasteiger charge is -2.12. The molecule has 4 N–H and O–H groups in total. The molecule has 1 aromatic carbocycles. The number of nitrogens with two attached hydrogens (primary N) is 1. The van der Waals surface area contributed by atoms with Crippen LogP contribution < -0.4 is 16.6 Å². The largest absolute Gasteiger partial charge is 0.397 e. The highest BCUT2D eigenvalue weighted by molar-refractivity contribution is 5.86. The van der Waals surface area contributed by atoms with Crippen molar-refractivity contribution in [1.29, 1.82) is 0 Å². The van der Waals surface area contributed by atoms with Gasteiger partial charge in [-0.2, -0.15) is 0 Å². The molecule has 0 saturated heterocycles. The van der Waals surface area contributed by atoms with Gasteiger partial charge in [0, 0.05) is 12.5 Å². The molecule has 0 amide bonds. The number of aromatic amines is 1. The van der Waals surface area contributed by atoms with E-state index in [0.717, 1.165) is 24.2 Å². The zero-order valence-electron chi connectivity index (χ0n) is 14.4. The van der Waals surface area contributed by atoms with E-state index in [9.17, 15) is 4.79 Å². The number of aromatic nitrogens is 2. The molecule has 2 rings (SSSR count). The summed E-state index contributed by atoms with van der Waals surface area (Å²) in [5.74, 6) is 0.0932. The van der Waals surface area contributed by atoms with E-state index in [2.05, 4.69) is 22.2 Å². The number of rotatable bonds is 8. The van der Waals surface area contributed by atoms with Gasteiger partial charge in [-0.1, -0.05) is 46.5 Å². The molecule has 0 aliphatic carbocycles. The van der Waals surface area contributed by atoms with Gasteiger partial charge in [-0.15, -0.1) is 0 Å². The van der Waals surface area contributed by atoms with Gasteiger partial charge in [-0.3, -0.25) is 4.79 Å². The maximum atomic E-state index is 12.0. The predicted molar refractivity (Wildman–Crippen MR) is 98.1 cm³/mol. The molecule has 5 nitrogen and oxygen atoms in total. The maximum absolute atomic E-state index is 12.0. The van der Waals surface area contributed by atoms with Gasteiger partial charge in [0.1, 0.15) is 5.69 Å². The van der Waals surface area contributed by atoms with Crippen molar-refractivity contribution in [2.24, 2.45) is 0 Å². The topological polar surface area (TPSA) is 83.8 Å². The normalized spacial score (nSPS) is 11.3. The fourth-order valence-electron chi connectivity index (χ4n) is 2.66. The van der Waals surface area contributed by atoms with Crippen molar-refractivity contribution in [2.75, 3.05) is 17.6 Å². The molecule has 0 spiro atoms. The van der Waals surface area contributed by atoms with Gasteiger partial charge in [0.2, 0.25) is 0 Å². The van der Waals surface area contributed by atoms with Crippen molar-refractivity contribution in [3.8, 4) is 0 Å². The molecule has 0 aliphatic heterocycles. The standard InChI is InChI=1S/C18H28N4O/c1-4-5-6-7-8-9-20-14-11-16-15(10-13(14)19)22-18(23)17(21-16)12(2)3/h10-12,20H,4-9,19H2,1-3H3,(H,22,23). The second-order valence-corrected chi connectivity index (χ2v) is 6.40. The third-order valence-electron chi connectivity index (χ3n) is 4.03. The number of nitrogens with zero attached hydrogens (tertiary/aromatic N) is 1. The van der Waals surface area contributed by atoms with Gasteiger partial charge in [-0.05, 0) is 18.6 Å². The van der Waals surface area contributed by atoms with Crippen LogP contribution in [0, 0.1) is 0 Å². The van der Waals surface area contributed by atoms with Crippen LogP contribution >= 0.6 is 0 Å². The first-order valence-corrected chi connectivity index (χ1v) is 8.60. The molecule has 23 heavy (non-hydrogen) atoms. The Hall–Kier alpha value is -2.04. The molecule has 0 fully saturated rings. The minimum absolute atomic E-state index is 0.0932. The highest BCUT2D eigenvalue weighted by atomic mass is 16.1. The smallest absolute Gasteiger partial charge is 0.270 e. The van der Waals surface area contributed by atoms with Crippen LogP contribution in [0.1, 0.15) is 64.5 Å². The average molecular weight is 316 g/mol. The minimum Gasteiger partial charge on any atom is -0.397 e. The van der Waals surface area contributed by atoms with Gasteiger partial charge in [0.05, 0.1) is 22.4 Å². The summed E-state index contributed by atoms with van der Waals surface area (Å²) in [6, 6.07) is 3.71. The van der Waals surface area contributed by atoms with Gasteiger partial charge >= 0.3 is 0 Å². The minimum atomic E-state index is -0.136. The lowest BCUT2D eigenvalue weighted by atomic mass is 10.1. The van der Waals surface area contributed by atoms with Crippen LogP contribution in [0.3, 0.4) is 0 Å². The Kier molecular flexibility index (Phi) is 6.02. The van der Waals surface area contributed by atoms with Crippen LogP contribution in [0.25, 0.3) is 11.0 Å². The summed E-state index contributed by atoms with van der Waals surface area (Å²) < 4.78 is 0. The number of anilines is 2. The second kappa shape index (κ2) is 7.99. The molecule has 0 aliphatic rings. The first-order chi connectivity index (χ1) is 11.0. The van der Waals surface area contributed by atoms with Crippen LogP contribution in [-0.2, 0) is 0 Å². The number of H-pyrrole nitrogens is 1. The summed E-state index contributed by atoms with van der Waals surface area (Å²) in [4.78, 5) is 19.4. The zero-order valence-corrected chi connectivity index (χ0v) is 14.4. The van der Waals surface area contributed by atoms with E-state index in [1.165, 1.54) is 25.7 Å².